The van der Waals surface area contributed by atoms with Crippen LogP contribution >= 0.6 is 22.6 Å². The van der Waals surface area contributed by atoms with E-state index >= 15 is 0 Å². The molecule has 1 heterocycles. The van der Waals surface area contributed by atoms with Crippen LogP contribution < -0.4 is 10.6 Å². The Bertz CT molecular complexity index is 500. The number of nitro benzene ring substituents is 1. The zero-order valence-corrected chi connectivity index (χ0v) is 12.2. The average Bonchev–Trinajstić information content (AvgIpc) is 2.41. The Morgan fingerprint density at radius 3 is 3.00 bits per heavy atom. The SMILES string of the molecule is NCC1CN(c2cc(F)c(I)cc2[N+](=O)[O-])CCO1. The second-order valence-electron chi connectivity index (χ2n) is 4.19. The van der Waals surface area contributed by atoms with E-state index in [2.05, 4.69) is 0 Å². The Balaban J connectivity index is 2.37. The third-order valence-corrected chi connectivity index (χ3v) is 3.78. The summed E-state index contributed by atoms with van der Waals surface area (Å²) in [5.74, 6) is -0.461. The summed E-state index contributed by atoms with van der Waals surface area (Å²) < 4.78 is 19.3. The van der Waals surface area contributed by atoms with E-state index in [0.717, 1.165) is 0 Å². The predicted octanol–water partition coefficient (Wildman–Crippen LogP) is 1.50. The van der Waals surface area contributed by atoms with E-state index in [1.54, 1.807) is 27.5 Å². The molecule has 0 saturated carbocycles. The average molecular weight is 381 g/mol. The summed E-state index contributed by atoms with van der Waals surface area (Å²) >= 11 is 1.74. The zero-order valence-electron chi connectivity index (χ0n) is 10.0. The smallest absolute Gasteiger partial charge is 0.293 e. The minimum absolute atomic E-state index is 0.0940. The number of hydrogen-bond acceptors (Lipinski definition) is 5. The van der Waals surface area contributed by atoms with Gasteiger partial charge in [0, 0.05) is 31.8 Å². The van der Waals surface area contributed by atoms with Crippen LogP contribution in [0, 0.1) is 19.5 Å². The Hall–Kier alpha value is -1.00. The van der Waals surface area contributed by atoms with Crippen LogP contribution in [0.5, 0.6) is 0 Å². The van der Waals surface area contributed by atoms with Gasteiger partial charge in [-0.1, -0.05) is 0 Å². The third kappa shape index (κ3) is 3.12. The van der Waals surface area contributed by atoms with Crippen molar-refractivity contribution in [2.75, 3.05) is 31.1 Å². The van der Waals surface area contributed by atoms with Gasteiger partial charge in [0.1, 0.15) is 11.5 Å². The van der Waals surface area contributed by atoms with Crippen molar-refractivity contribution in [3.8, 4) is 0 Å². The molecule has 104 valence electrons. The lowest BCUT2D eigenvalue weighted by Crippen LogP contribution is -2.45. The highest BCUT2D eigenvalue weighted by Gasteiger charge is 2.26. The molecule has 1 unspecified atom stereocenters. The Morgan fingerprint density at radius 1 is 1.63 bits per heavy atom. The highest BCUT2D eigenvalue weighted by Crippen LogP contribution is 2.32. The molecule has 1 aromatic carbocycles. The van der Waals surface area contributed by atoms with Gasteiger partial charge in [-0.2, -0.15) is 0 Å². The van der Waals surface area contributed by atoms with Crippen molar-refractivity contribution >= 4 is 34.0 Å². The van der Waals surface area contributed by atoms with E-state index in [1.807, 2.05) is 0 Å². The van der Waals surface area contributed by atoms with Gasteiger partial charge < -0.3 is 15.4 Å². The number of hydrogen-bond donors (Lipinski definition) is 1. The quantitative estimate of drug-likeness (QED) is 0.488. The standard InChI is InChI=1S/C11H13FIN3O3/c12-8-3-10(11(16(17)18)4-9(8)13)15-1-2-19-7(5-14)6-15/h3-4,7H,1-2,5-6,14H2. The van der Waals surface area contributed by atoms with E-state index < -0.39 is 10.7 Å². The fourth-order valence-corrected chi connectivity index (χ4v) is 2.46. The molecule has 2 rings (SSSR count). The van der Waals surface area contributed by atoms with Crippen LogP contribution in [-0.4, -0.2) is 37.3 Å². The van der Waals surface area contributed by atoms with Crippen LogP contribution in [-0.2, 0) is 4.74 Å². The van der Waals surface area contributed by atoms with Crippen molar-refractivity contribution in [1.29, 1.82) is 0 Å². The van der Waals surface area contributed by atoms with Gasteiger partial charge in [0.2, 0.25) is 0 Å². The lowest BCUT2D eigenvalue weighted by Gasteiger charge is -2.33. The second-order valence-corrected chi connectivity index (χ2v) is 5.35. The highest BCUT2D eigenvalue weighted by atomic mass is 127. The first-order chi connectivity index (χ1) is 9.02. The Morgan fingerprint density at radius 2 is 2.37 bits per heavy atom. The molecule has 2 N–H and O–H groups in total. The molecule has 0 radical (unpaired) electrons. The number of ether oxygens (including phenoxy) is 1. The van der Waals surface area contributed by atoms with Gasteiger partial charge in [-0.15, -0.1) is 0 Å². The van der Waals surface area contributed by atoms with Gasteiger partial charge in [0.25, 0.3) is 5.69 Å². The van der Waals surface area contributed by atoms with Crippen molar-refractivity contribution in [1.82, 2.24) is 0 Å². The van der Waals surface area contributed by atoms with Gasteiger partial charge in [-0.3, -0.25) is 10.1 Å². The van der Waals surface area contributed by atoms with E-state index in [-0.39, 0.29) is 21.0 Å². The van der Waals surface area contributed by atoms with E-state index in [9.17, 15) is 14.5 Å². The minimum atomic E-state index is -0.496. The first-order valence-electron chi connectivity index (χ1n) is 5.73. The van der Waals surface area contributed by atoms with Gasteiger partial charge >= 0.3 is 0 Å². The molecule has 1 aliphatic rings. The molecule has 0 aliphatic carbocycles. The summed E-state index contributed by atoms with van der Waals surface area (Å²) in [5, 5.41) is 11.1. The molecular weight excluding hydrogens is 368 g/mol. The van der Waals surface area contributed by atoms with Crippen molar-refractivity contribution in [2.45, 2.75) is 6.10 Å². The number of morpholine rings is 1. The normalized spacial score (nSPS) is 19.5. The fraction of sp³-hybridized carbons (Fsp3) is 0.455. The number of benzene rings is 1. The number of rotatable bonds is 3. The van der Waals surface area contributed by atoms with Crippen LogP contribution in [0.4, 0.5) is 15.8 Å². The van der Waals surface area contributed by atoms with Crippen molar-refractivity contribution in [3.63, 3.8) is 0 Å². The summed E-state index contributed by atoms with van der Waals surface area (Å²) in [6.07, 6.45) is -0.185. The molecule has 0 amide bonds. The molecular formula is C11H13FIN3O3. The maximum Gasteiger partial charge on any atom is 0.293 e. The van der Waals surface area contributed by atoms with Crippen LogP contribution in [0.2, 0.25) is 0 Å². The van der Waals surface area contributed by atoms with Crippen LogP contribution in [0.1, 0.15) is 0 Å². The summed E-state index contributed by atoms with van der Waals surface area (Å²) in [7, 11) is 0. The summed E-state index contributed by atoms with van der Waals surface area (Å²) in [6.45, 7) is 1.67. The van der Waals surface area contributed by atoms with E-state index in [4.69, 9.17) is 10.5 Å². The largest absolute Gasteiger partial charge is 0.373 e. The molecule has 1 aliphatic heterocycles. The molecule has 1 aromatic rings. The molecule has 6 nitrogen and oxygen atoms in total. The van der Waals surface area contributed by atoms with Gasteiger partial charge in [0.15, 0.2) is 0 Å². The van der Waals surface area contributed by atoms with Gasteiger partial charge in [-0.25, -0.2) is 4.39 Å². The Kier molecular flexibility index (Phi) is 4.53. The highest BCUT2D eigenvalue weighted by molar-refractivity contribution is 14.1. The zero-order chi connectivity index (χ0) is 14.0. The minimum Gasteiger partial charge on any atom is -0.373 e. The van der Waals surface area contributed by atoms with Crippen LogP contribution in [0.15, 0.2) is 12.1 Å². The number of nitrogens with two attached hydrogens (primary N) is 1. The molecule has 0 spiro atoms. The second kappa shape index (κ2) is 5.97. The fourth-order valence-electron chi connectivity index (χ4n) is 2.01. The van der Waals surface area contributed by atoms with Crippen LogP contribution in [0.25, 0.3) is 0 Å². The van der Waals surface area contributed by atoms with Gasteiger partial charge in [0.05, 0.1) is 21.2 Å². The Labute approximate surface area is 123 Å². The number of nitrogens with zero attached hydrogens (tertiary/aromatic N) is 2. The van der Waals surface area contributed by atoms with Gasteiger partial charge in [-0.05, 0) is 22.6 Å². The molecule has 8 heteroatoms. The third-order valence-electron chi connectivity index (χ3n) is 2.96. The molecule has 0 bridgehead atoms. The molecule has 1 saturated heterocycles. The van der Waals surface area contributed by atoms with Crippen molar-refractivity contribution in [2.24, 2.45) is 5.73 Å². The number of halogens is 2. The lowest BCUT2D eigenvalue weighted by molar-refractivity contribution is -0.384. The molecule has 1 atom stereocenters. The maximum atomic E-state index is 13.6. The molecule has 0 aromatic heterocycles. The topological polar surface area (TPSA) is 81.6 Å². The number of anilines is 1. The first-order valence-corrected chi connectivity index (χ1v) is 6.81. The maximum absolute atomic E-state index is 13.6. The number of nitro groups is 1. The summed E-state index contributed by atoms with van der Waals surface area (Å²) in [6, 6.07) is 2.46. The first kappa shape index (κ1) is 14.4. The summed E-state index contributed by atoms with van der Waals surface area (Å²) in [5.41, 5.74) is 5.72. The van der Waals surface area contributed by atoms with E-state index in [1.165, 1.54) is 12.1 Å². The van der Waals surface area contributed by atoms with Crippen molar-refractivity contribution < 1.29 is 14.1 Å². The molecule has 19 heavy (non-hydrogen) atoms. The molecule has 1 fully saturated rings. The van der Waals surface area contributed by atoms with Crippen molar-refractivity contribution in [3.05, 3.63) is 31.6 Å². The summed E-state index contributed by atoms with van der Waals surface area (Å²) in [4.78, 5) is 12.3. The lowest BCUT2D eigenvalue weighted by atomic mass is 10.2. The monoisotopic (exact) mass is 381 g/mol. The van der Waals surface area contributed by atoms with Crippen LogP contribution in [0.3, 0.4) is 0 Å². The van der Waals surface area contributed by atoms with E-state index in [0.29, 0.717) is 26.2 Å². The predicted molar refractivity (Wildman–Crippen MR) is 76.8 cm³/mol.